The topological polar surface area (TPSA) is 75.3 Å². The first-order chi connectivity index (χ1) is 8.70. The highest BCUT2D eigenvalue weighted by atomic mass is 16.3. The van der Waals surface area contributed by atoms with E-state index in [1.807, 2.05) is 0 Å². The maximum absolute atomic E-state index is 11.3. The Bertz CT molecular complexity index is 432. The number of hydrogen-bond donors (Lipinski definition) is 3. The molecule has 0 radical (unpaired) electrons. The second-order valence-corrected chi connectivity index (χ2v) is 4.75. The van der Waals surface area contributed by atoms with Crippen molar-refractivity contribution in [3.05, 3.63) is 34.9 Å². The minimum Gasteiger partial charge on any atom is -0.382 e. The SMILES string of the molecule is NCC(O)C(=O)NCCc1ccc2c(c1)CCC2. The standard InChI is InChI=1S/C14H20N2O2/c15-9-13(17)14(18)16-7-6-10-4-5-11-2-1-3-12(11)8-10/h4-5,8,13,17H,1-3,6-7,9,15H2,(H,16,18). The van der Waals surface area contributed by atoms with Crippen LogP contribution in [0.3, 0.4) is 0 Å². The van der Waals surface area contributed by atoms with Crippen LogP contribution in [0.5, 0.6) is 0 Å². The fourth-order valence-corrected chi connectivity index (χ4v) is 2.34. The number of rotatable bonds is 5. The van der Waals surface area contributed by atoms with Gasteiger partial charge < -0.3 is 16.2 Å². The zero-order valence-corrected chi connectivity index (χ0v) is 10.5. The number of hydrogen-bond acceptors (Lipinski definition) is 3. The van der Waals surface area contributed by atoms with Gasteiger partial charge in [0.25, 0.3) is 0 Å². The molecular weight excluding hydrogens is 228 g/mol. The first kappa shape index (κ1) is 13.1. The molecular formula is C14H20N2O2. The predicted molar refractivity (Wildman–Crippen MR) is 70.2 cm³/mol. The van der Waals surface area contributed by atoms with E-state index in [0.29, 0.717) is 6.54 Å². The number of amides is 1. The fraction of sp³-hybridized carbons (Fsp3) is 0.500. The normalized spacial score (nSPS) is 15.2. The smallest absolute Gasteiger partial charge is 0.250 e. The highest BCUT2D eigenvalue weighted by Crippen LogP contribution is 2.22. The zero-order chi connectivity index (χ0) is 13.0. The van der Waals surface area contributed by atoms with Crippen LogP contribution in [0.1, 0.15) is 23.1 Å². The van der Waals surface area contributed by atoms with Gasteiger partial charge in [-0.15, -0.1) is 0 Å². The molecule has 4 heteroatoms. The highest BCUT2D eigenvalue weighted by Gasteiger charge is 2.13. The third-order valence-corrected chi connectivity index (χ3v) is 3.40. The Balaban J connectivity index is 1.82. The van der Waals surface area contributed by atoms with Crippen LogP contribution in [0.25, 0.3) is 0 Å². The Kier molecular flexibility index (Phi) is 4.33. The lowest BCUT2D eigenvalue weighted by Gasteiger charge is -2.09. The van der Waals surface area contributed by atoms with Gasteiger partial charge in [-0.1, -0.05) is 18.2 Å². The summed E-state index contributed by atoms with van der Waals surface area (Å²) in [5.74, 6) is -0.390. The first-order valence-electron chi connectivity index (χ1n) is 6.47. The second kappa shape index (κ2) is 5.98. The number of nitrogens with two attached hydrogens (primary N) is 1. The van der Waals surface area contributed by atoms with Crippen LogP contribution in [-0.2, 0) is 24.1 Å². The molecule has 1 aromatic carbocycles. The van der Waals surface area contributed by atoms with Gasteiger partial charge in [-0.2, -0.15) is 0 Å². The van der Waals surface area contributed by atoms with E-state index in [4.69, 9.17) is 5.73 Å². The number of carbonyl (C=O) groups excluding carboxylic acids is 1. The van der Waals surface area contributed by atoms with Crippen LogP contribution in [0.4, 0.5) is 0 Å². The molecule has 1 amide bonds. The molecule has 0 saturated carbocycles. The largest absolute Gasteiger partial charge is 0.382 e. The lowest BCUT2D eigenvalue weighted by molar-refractivity contribution is -0.128. The fourth-order valence-electron chi connectivity index (χ4n) is 2.34. The summed E-state index contributed by atoms with van der Waals surface area (Å²) < 4.78 is 0. The highest BCUT2D eigenvalue weighted by molar-refractivity contribution is 5.80. The van der Waals surface area contributed by atoms with E-state index in [-0.39, 0.29) is 6.54 Å². The van der Waals surface area contributed by atoms with Crippen LogP contribution < -0.4 is 11.1 Å². The van der Waals surface area contributed by atoms with Gasteiger partial charge in [0.2, 0.25) is 5.91 Å². The van der Waals surface area contributed by atoms with Gasteiger partial charge in [-0.05, 0) is 42.4 Å². The van der Waals surface area contributed by atoms with Crippen molar-refractivity contribution in [3.63, 3.8) is 0 Å². The number of aliphatic hydroxyl groups excluding tert-OH is 1. The van der Waals surface area contributed by atoms with Gasteiger partial charge in [-0.3, -0.25) is 4.79 Å². The molecule has 1 aliphatic rings. The Morgan fingerprint density at radius 3 is 2.94 bits per heavy atom. The molecule has 1 atom stereocenters. The number of carbonyl (C=O) groups is 1. The third kappa shape index (κ3) is 3.09. The molecule has 2 rings (SSSR count). The molecule has 18 heavy (non-hydrogen) atoms. The van der Waals surface area contributed by atoms with Gasteiger partial charge >= 0.3 is 0 Å². The zero-order valence-electron chi connectivity index (χ0n) is 10.5. The number of aliphatic hydroxyl groups is 1. The summed E-state index contributed by atoms with van der Waals surface area (Å²) in [5.41, 5.74) is 9.35. The number of nitrogens with one attached hydrogen (secondary N) is 1. The van der Waals surface area contributed by atoms with E-state index < -0.39 is 12.0 Å². The molecule has 0 heterocycles. The van der Waals surface area contributed by atoms with Crippen molar-refractivity contribution < 1.29 is 9.90 Å². The summed E-state index contributed by atoms with van der Waals surface area (Å²) in [4.78, 5) is 11.3. The molecule has 0 spiro atoms. The Morgan fingerprint density at radius 2 is 2.17 bits per heavy atom. The van der Waals surface area contributed by atoms with Crippen LogP contribution in [0.2, 0.25) is 0 Å². The van der Waals surface area contributed by atoms with Crippen molar-refractivity contribution in [3.8, 4) is 0 Å². The summed E-state index contributed by atoms with van der Waals surface area (Å²) in [6.45, 7) is 0.499. The molecule has 4 N–H and O–H groups in total. The Morgan fingerprint density at radius 1 is 1.39 bits per heavy atom. The molecule has 0 fully saturated rings. The van der Waals surface area contributed by atoms with Crippen molar-refractivity contribution >= 4 is 5.91 Å². The minimum absolute atomic E-state index is 0.0370. The summed E-state index contributed by atoms with van der Waals surface area (Å²) in [7, 11) is 0. The Labute approximate surface area is 107 Å². The molecule has 98 valence electrons. The summed E-state index contributed by atoms with van der Waals surface area (Å²) >= 11 is 0. The van der Waals surface area contributed by atoms with Crippen molar-refractivity contribution in [1.82, 2.24) is 5.32 Å². The predicted octanol–water partition coefficient (Wildman–Crippen LogP) is 0.154. The lowest BCUT2D eigenvalue weighted by atomic mass is 10.0. The summed E-state index contributed by atoms with van der Waals surface area (Å²) in [6, 6.07) is 6.54. The van der Waals surface area contributed by atoms with Crippen molar-refractivity contribution in [2.24, 2.45) is 5.73 Å². The molecule has 1 aliphatic carbocycles. The number of fused-ring (bicyclic) bond motifs is 1. The van der Waals surface area contributed by atoms with E-state index in [0.717, 1.165) is 6.42 Å². The van der Waals surface area contributed by atoms with E-state index in [9.17, 15) is 9.90 Å². The van der Waals surface area contributed by atoms with Gasteiger partial charge in [0.05, 0.1) is 0 Å². The van der Waals surface area contributed by atoms with Crippen LogP contribution >= 0.6 is 0 Å². The number of benzene rings is 1. The van der Waals surface area contributed by atoms with Crippen LogP contribution in [0, 0.1) is 0 Å². The molecule has 0 aromatic heterocycles. The molecule has 1 aromatic rings. The Hall–Kier alpha value is -1.39. The summed E-state index contributed by atoms with van der Waals surface area (Å²) in [5, 5.41) is 11.9. The van der Waals surface area contributed by atoms with E-state index in [1.54, 1.807) is 0 Å². The average molecular weight is 248 g/mol. The monoisotopic (exact) mass is 248 g/mol. The number of aryl methyl sites for hydroxylation is 2. The maximum Gasteiger partial charge on any atom is 0.250 e. The molecule has 0 saturated heterocycles. The van der Waals surface area contributed by atoms with Crippen molar-refractivity contribution in [1.29, 1.82) is 0 Å². The molecule has 0 aliphatic heterocycles. The van der Waals surface area contributed by atoms with E-state index in [1.165, 1.54) is 36.0 Å². The quantitative estimate of drug-likeness (QED) is 0.694. The first-order valence-corrected chi connectivity index (χ1v) is 6.47. The van der Waals surface area contributed by atoms with Gasteiger partial charge in [-0.25, -0.2) is 0 Å². The van der Waals surface area contributed by atoms with Crippen molar-refractivity contribution in [2.45, 2.75) is 31.8 Å². The van der Waals surface area contributed by atoms with Gasteiger partial charge in [0.1, 0.15) is 6.10 Å². The average Bonchev–Trinajstić information content (AvgIpc) is 2.85. The van der Waals surface area contributed by atoms with Crippen LogP contribution in [0.15, 0.2) is 18.2 Å². The van der Waals surface area contributed by atoms with E-state index in [2.05, 4.69) is 23.5 Å². The van der Waals surface area contributed by atoms with Gasteiger partial charge in [0, 0.05) is 13.1 Å². The molecule has 1 unspecified atom stereocenters. The summed E-state index contributed by atoms with van der Waals surface area (Å²) in [6.07, 6.45) is 3.30. The van der Waals surface area contributed by atoms with Crippen molar-refractivity contribution in [2.75, 3.05) is 13.1 Å². The maximum atomic E-state index is 11.3. The van der Waals surface area contributed by atoms with E-state index >= 15 is 0 Å². The second-order valence-electron chi connectivity index (χ2n) is 4.75. The van der Waals surface area contributed by atoms with Crippen LogP contribution in [-0.4, -0.2) is 30.2 Å². The molecule has 4 nitrogen and oxygen atoms in total. The third-order valence-electron chi connectivity index (χ3n) is 3.40. The minimum atomic E-state index is -1.09. The van der Waals surface area contributed by atoms with Gasteiger partial charge in [0.15, 0.2) is 0 Å². The molecule has 0 bridgehead atoms. The lowest BCUT2D eigenvalue weighted by Crippen LogP contribution is -2.39.